The number of rotatable bonds is 2. The summed E-state index contributed by atoms with van der Waals surface area (Å²) in [4.78, 5) is 22.0. The molecule has 0 saturated carbocycles. The quantitative estimate of drug-likeness (QED) is 0.696. The van der Waals surface area contributed by atoms with Gasteiger partial charge in [-0.25, -0.2) is 4.98 Å². The molecule has 3 aliphatic rings. The second-order valence-electron chi connectivity index (χ2n) is 9.31. The zero-order valence-corrected chi connectivity index (χ0v) is 18.1. The molecule has 5 heterocycles. The lowest BCUT2D eigenvalue weighted by atomic mass is 9.89. The van der Waals surface area contributed by atoms with Gasteiger partial charge in [-0.3, -0.25) is 9.48 Å². The minimum atomic E-state index is 0.145. The Kier molecular flexibility index (Phi) is 4.28. The third-order valence-electron chi connectivity index (χ3n) is 7.41. The van der Waals surface area contributed by atoms with E-state index in [1.165, 1.54) is 16.8 Å². The first-order chi connectivity index (χ1) is 15.1. The fraction of sp³-hybridized carbons (Fsp3) is 0.458. The van der Waals surface area contributed by atoms with Gasteiger partial charge in [0.2, 0.25) is 5.91 Å². The van der Waals surface area contributed by atoms with Crippen LogP contribution in [0.5, 0.6) is 0 Å². The van der Waals surface area contributed by atoms with E-state index in [2.05, 4.69) is 51.5 Å². The van der Waals surface area contributed by atoms with Crippen molar-refractivity contribution in [3.05, 3.63) is 47.8 Å². The van der Waals surface area contributed by atoms with E-state index in [4.69, 9.17) is 0 Å². The highest BCUT2D eigenvalue weighted by Crippen LogP contribution is 2.38. The zero-order chi connectivity index (χ0) is 21.1. The molecule has 3 aromatic rings. The van der Waals surface area contributed by atoms with Gasteiger partial charge in [-0.05, 0) is 54.1 Å². The highest BCUT2D eigenvalue weighted by molar-refractivity contribution is 5.98. The number of hydrogen-bond acceptors (Lipinski definition) is 5. The largest absolute Gasteiger partial charge is 0.366 e. The first kappa shape index (κ1) is 18.8. The van der Waals surface area contributed by atoms with Gasteiger partial charge in [-0.15, -0.1) is 0 Å². The smallest absolute Gasteiger partial charge is 0.231 e. The van der Waals surface area contributed by atoms with Gasteiger partial charge in [-0.2, -0.15) is 5.10 Å². The Balaban J connectivity index is 1.30. The third kappa shape index (κ3) is 2.94. The second-order valence-corrected chi connectivity index (χ2v) is 9.31. The highest BCUT2D eigenvalue weighted by atomic mass is 16.2. The van der Waals surface area contributed by atoms with Crippen molar-refractivity contribution < 1.29 is 4.79 Å². The number of hydrogen-bond donors (Lipinski definition) is 1. The van der Waals surface area contributed by atoms with Crippen LogP contribution in [0.15, 0.2) is 36.7 Å². The molecule has 2 fully saturated rings. The SMILES string of the molecule is C[C@H]1CN(c2ccnc3c2cnn3C)Cc2ccc(N3C[C@H]4CCNCC4C3=O)cc21. The van der Waals surface area contributed by atoms with E-state index >= 15 is 0 Å². The van der Waals surface area contributed by atoms with Crippen LogP contribution in [0.4, 0.5) is 11.4 Å². The first-order valence-electron chi connectivity index (χ1n) is 11.3. The van der Waals surface area contributed by atoms with Gasteiger partial charge in [0, 0.05) is 45.1 Å². The van der Waals surface area contributed by atoms with Crippen molar-refractivity contribution in [1.82, 2.24) is 20.1 Å². The van der Waals surface area contributed by atoms with E-state index < -0.39 is 0 Å². The lowest BCUT2D eigenvalue weighted by Crippen LogP contribution is -2.38. The monoisotopic (exact) mass is 416 g/mol. The molecule has 31 heavy (non-hydrogen) atoms. The van der Waals surface area contributed by atoms with Crippen molar-refractivity contribution >= 4 is 28.3 Å². The summed E-state index contributed by atoms with van der Waals surface area (Å²) in [5, 5.41) is 8.87. The minimum Gasteiger partial charge on any atom is -0.366 e. The molecule has 3 atom stereocenters. The van der Waals surface area contributed by atoms with Crippen LogP contribution in [0.25, 0.3) is 11.0 Å². The van der Waals surface area contributed by atoms with Crippen molar-refractivity contribution in [1.29, 1.82) is 0 Å². The predicted molar refractivity (Wildman–Crippen MR) is 121 cm³/mol. The number of aromatic nitrogens is 3. The summed E-state index contributed by atoms with van der Waals surface area (Å²) in [5.41, 5.74) is 5.87. The van der Waals surface area contributed by atoms with Crippen molar-refractivity contribution in [3.8, 4) is 0 Å². The molecule has 3 aliphatic heterocycles. The summed E-state index contributed by atoms with van der Waals surface area (Å²) < 4.78 is 1.83. The van der Waals surface area contributed by atoms with Crippen molar-refractivity contribution in [3.63, 3.8) is 0 Å². The molecule has 2 aromatic heterocycles. The molecule has 2 saturated heterocycles. The van der Waals surface area contributed by atoms with Crippen LogP contribution < -0.4 is 15.1 Å². The topological polar surface area (TPSA) is 66.3 Å². The van der Waals surface area contributed by atoms with Gasteiger partial charge < -0.3 is 15.1 Å². The lowest BCUT2D eigenvalue weighted by Gasteiger charge is -2.35. The van der Waals surface area contributed by atoms with Gasteiger partial charge >= 0.3 is 0 Å². The van der Waals surface area contributed by atoms with Crippen molar-refractivity contribution in [2.75, 3.05) is 36.0 Å². The molecule has 0 bridgehead atoms. The number of nitrogens with zero attached hydrogens (tertiary/aromatic N) is 5. The standard InChI is InChI=1S/C24H28N6O/c1-15-12-29(22-6-8-26-23-21(22)11-27-28(23)2)13-16-3-4-18(9-19(15)16)30-14-17-5-7-25-10-20(17)24(30)31/h3-4,6,8-9,11,15,17,20,25H,5,7,10,12-14H2,1-2H3/t15-,17+,20?/m0/s1. The number of nitrogens with one attached hydrogen (secondary N) is 1. The fourth-order valence-electron chi connectivity index (χ4n) is 5.72. The maximum absolute atomic E-state index is 13.0. The summed E-state index contributed by atoms with van der Waals surface area (Å²) in [6, 6.07) is 8.73. The lowest BCUT2D eigenvalue weighted by molar-refractivity contribution is -0.121. The molecule has 7 nitrogen and oxygen atoms in total. The van der Waals surface area contributed by atoms with Gasteiger partial charge in [0.25, 0.3) is 0 Å². The van der Waals surface area contributed by atoms with E-state index in [9.17, 15) is 4.79 Å². The van der Waals surface area contributed by atoms with Crippen molar-refractivity contribution in [2.24, 2.45) is 18.9 Å². The van der Waals surface area contributed by atoms with E-state index in [1.54, 1.807) is 0 Å². The van der Waals surface area contributed by atoms with E-state index in [1.807, 2.05) is 29.0 Å². The number of piperidine rings is 1. The Bertz CT molecular complexity index is 1170. The molecule has 1 N–H and O–H groups in total. The van der Waals surface area contributed by atoms with Gasteiger partial charge in [-0.1, -0.05) is 13.0 Å². The number of fused-ring (bicyclic) bond motifs is 3. The van der Waals surface area contributed by atoms with Crippen LogP contribution in [0, 0.1) is 11.8 Å². The number of pyridine rings is 1. The van der Waals surface area contributed by atoms with Crippen LogP contribution >= 0.6 is 0 Å². The molecule has 7 heteroatoms. The summed E-state index contributed by atoms with van der Waals surface area (Å²) >= 11 is 0. The number of aryl methyl sites for hydroxylation is 1. The average molecular weight is 417 g/mol. The maximum atomic E-state index is 13.0. The Labute approximate surface area is 182 Å². The summed E-state index contributed by atoms with van der Waals surface area (Å²) in [5.74, 6) is 1.31. The summed E-state index contributed by atoms with van der Waals surface area (Å²) in [6.45, 7) is 6.79. The minimum absolute atomic E-state index is 0.145. The number of amides is 1. The van der Waals surface area contributed by atoms with Crippen LogP contribution in [-0.2, 0) is 18.4 Å². The van der Waals surface area contributed by atoms with Gasteiger partial charge in [0.05, 0.1) is 23.2 Å². The molecule has 1 amide bonds. The maximum Gasteiger partial charge on any atom is 0.231 e. The van der Waals surface area contributed by atoms with E-state index in [0.717, 1.165) is 55.9 Å². The molecular formula is C24H28N6O. The van der Waals surface area contributed by atoms with Crippen molar-refractivity contribution in [2.45, 2.75) is 25.8 Å². The molecule has 6 rings (SSSR count). The Morgan fingerprint density at radius 2 is 2.10 bits per heavy atom. The molecular weight excluding hydrogens is 388 g/mol. The Morgan fingerprint density at radius 3 is 2.97 bits per heavy atom. The second kappa shape index (κ2) is 7.05. The zero-order valence-electron chi connectivity index (χ0n) is 18.1. The van der Waals surface area contributed by atoms with Crippen LogP contribution in [0.3, 0.4) is 0 Å². The van der Waals surface area contributed by atoms with Crippen LogP contribution in [-0.4, -0.2) is 46.9 Å². The van der Waals surface area contributed by atoms with E-state index in [-0.39, 0.29) is 11.8 Å². The molecule has 0 spiro atoms. The molecule has 1 aromatic carbocycles. The third-order valence-corrected chi connectivity index (χ3v) is 7.41. The normalized spacial score (nSPS) is 25.7. The molecule has 0 radical (unpaired) electrons. The number of benzene rings is 1. The number of anilines is 2. The predicted octanol–water partition coefficient (Wildman–Crippen LogP) is 2.66. The first-order valence-corrected chi connectivity index (χ1v) is 11.3. The highest BCUT2D eigenvalue weighted by Gasteiger charge is 2.42. The fourth-order valence-corrected chi connectivity index (χ4v) is 5.72. The number of carbonyl (C=O) groups excluding carboxylic acids is 1. The summed E-state index contributed by atoms with van der Waals surface area (Å²) in [7, 11) is 1.93. The average Bonchev–Trinajstić information content (AvgIpc) is 3.34. The Morgan fingerprint density at radius 1 is 1.19 bits per heavy atom. The Hall–Kier alpha value is -2.93. The summed E-state index contributed by atoms with van der Waals surface area (Å²) in [6.07, 6.45) is 4.88. The van der Waals surface area contributed by atoms with E-state index in [0.29, 0.717) is 11.8 Å². The van der Waals surface area contributed by atoms with Crippen LogP contribution in [0.2, 0.25) is 0 Å². The van der Waals surface area contributed by atoms with Gasteiger partial charge in [0.1, 0.15) is 0 Å². The number of carbonyl (C=O) groups is 1. The molecule has 1 unspecified atom stereocenters. The molecule has 0 aliphatic carbocycles. The molecule has 160 valence electrons. The van der Waals surface area contributed by atoms with Gasteiger partial charge in [0.15, 0.2) is 5.65 Å². The van der Waals surface area contributed by atoms with Crippen LogP contribution in [0.1, 0.15) is 30.4 Å².